The number of carbonyl (C=O) groups excluding carboxylic acids is 3. The third kappa shape index (κ3) is 10.9. The summed E-state index contributed by atoms with van der Waals surface area (Å²) >= 11 is 6.01. The Labute approximate surface area is 306 Å². The van der Waals surface area contributed by atoms with Crippen LogP contribution in [0, 0.1) is 11.2 Å². The molecule has 1 heterocycles. The van der Waals surface area contributed by atoms with Crippen molar-refractivity contribution in [2.45, 2.75) is 38.4 Å². The smallest absolute Gasteiger partial charge is 0.422 e. The number of carbonyl (C=O) groups is 3. The first-order chi connectivity index (χ1) is 25.0. The summed E-state index contributed by atoms with van der Waals surface area (Å²) in [5.41, 5.74) is -0.294. The van der Waals surface area contributed by atoms with Crippen LogP contribution in [0.3, 0.4) is 0 Å². The van der Waals surface area contributed by atoms with Crippen molar-refractivity contribution in [2.75, 3.05) is 42.8 Å². The number of methoxy groups -OCH3 is 1. The number of nitrogens with one attached hydrogen (secondary N) is 5. The summed E-state index contributed by atoms with van der Waals surface area (Å²) < 4.78 is 63.9. The molecular formula is C35H35ClF4N8O5. The maximum absolute atomic E-state index is 15.2. The van der Waals surface area contributed by atoms with Crippen molar-refractivity contribution in [3.05, 3.63) is 88.7 Å². The molecule has 4 aromatic rings. The lowest BCUT2D eigenvalue weighted by molar-refractivity contribution is -0.154. The summed E-state index contributed by atoms with van der Waals surface area (Å²) in [5, 5.41) is 14.0. The van der Waals surface area contributed by atoms with Crippen molar-refractivity contribution in [3.63, 3.8) is 0 Å². The van der Waals surface area contributed by atoms with Gasteiger partial charge in [-0.15, -0.1) is 0 Å². The van der Waals surface area contributed by atoms with Crippen LogP contribution >= 0.6 is 11.6 Å². The molecule has 5 N–H and O–H groups in total. The first-order valence-electron chi connectivity index (χ1n) is 16.1. The highest BCUT2D eigenvalue weighted by Gasteiger charge is 2.45. The Hall–Kier alpha value is -5.71. The Balaban J connectivity index is 1.19. The van der Waals surface area contributed by atoms with Gasteiger partial charge in [0.15, 0.2) is 6.61 Å². The summed E-state index contributed by atoms with van der Waals surface area (Å²) in [5.74, 6) is -3.19. The molecule has 1 aliphatic carbocycles. The maximum atomic E-state index is 15.2. The highest BCUT2D eigenvalue weighted by molar-refractivity contribution is 6.39. The molecule has 53 heavy (non-hydrogen) atoms. The maximum Gasteiger partial charge on any atom is 0.422 e. The van der Waals surface area contributed by atoms with Crippen LogP contribution in [0.4, 0.5) is 40.8 Å². The van der Waals surface area contributed by atoms with Gasteiger partial charge < -0.3 is 36.1 Å². The Morgan fingerprint density at radius 1 is 0.849 bits per heavy atom. The zero-order chi connectivity index (χ0) is 38.4. The molecule has 280 valence electrons. The van der Waals surface area contributed by atoms with Gasteiger partial charge in [0, 0.05) is 29.5 Å². The van der Waals surface area contributed by atoms with Gasteiger partial charge in [0.1, 0.15) is 11.6 Å². The molecule has 1 aromatic heterocycles. The molecule has 1 aliphatic rings. The number of hydrogen-bond donors (Lipinski definition) is 5. The molecular weight excluding hydrogens is 724 g/mol. The van der Waals surface area contributed by atoms with E-state index in [1.807, 2.05) is 12.1 Å². The molecule has 13 nitrogen and oxygen atoms in total. The molecule has 0 unspecified atom stereocenters. The van der Waals surface area contributed by atoms with Crippen LogP contribution < -0.4 is 36.1 Å². The van der Waals surface area contributed by atoms with Gasteiger partial charge in [-0.25, -0.2) is 4.39 Å². The van der Waals surface area contributed by atoms with Crippen LogP contribution in [0.15, 0.2) is 66.7 Å². The highest BCUT2D eigenvalue weighted by atomic mass is 35.5. The second-order valence-corrected chi connectivity index (χ2v) is 13.4. The minimum Gasteiger partial charge on any atom is -0.497 e. The highest BCUT2D eigenvalue weighted by Crippen LogP contribution is 2.48. The molecule has 3 aromatic carbocycles. The van der Waals surface area contributed by atoms with Gasteiger partial charge in [0.25, 0.3) is 5.91 Å². The third-order valence-corrected chi connectivity index (χ3v) is 8.21. The number of halogens is 5. The molecule has 1 fully saturated rings. The van der Waals surface area contributed by atoms with Crippen molar-refractivity contribution >= 4 is 52.6 Å². The summed E-state index contributed by atoms with van der Waals surface area (Å²) in [6.45, 7) is 1.81. The predicted molar refractivity (Wildman–Crippen MR) is 188 cm³/mol. The molecule has 18 heteroatoms. The van der Waals surface area contributed by atoms with Crippen molar-refractivity contribution in [2.24, 2.45) is 5.41 Å². The van der Waals surface area contributed by atoms with Gasteiger partial charge in [-0.05, 0) is 78.4 Å². The summed E-state index contributed by atoms with van der Waals surface area (Å²) in [6.07, 6.45) is -3.29. The lowest BCUT2D eigenvalue weighted by Crippen LogP contribution is -2.45. The standard InChI is InChI=1S/C35H35ClF4N8O5/c1-33(2,18-42-28(50)29(51)43-22-8-11-24(52-3)12-9-22)17-41-27(49)25-13-10-23(16-26(25)37)44-30-45-31(47-32(46-30)53-19-35(38,39)40)48-34(14-15-34)20-4-6-21(36)7-5-20/h4-13,16H,14-15,17-19H2,1-3H3,(H,41,49)(H,42,50)(H,43,51)(H2,44,45,46,47,48). The number of aromatic nitrogens is 3. The Bertz CT molecular complexity index is 1960. The van der Waals surface area contributed by atoms with Crippen LogP contribution in [0.5, 0.6) is 11.8 Å². The second kappa shape index (κ2) is 15.9. The number of benzene rings is 3. The summed E-state index contributed by atoms with van der Waals surface area (Å²) in [6, 6.07) is 16.4. The number of ether oxygens (including phenoxy) is 2. The fraction of sp³-hybridized carbons (Fsp3) is 0.314. The van der Waals surface area contributed by atoms with E-state index in [1.165, 1.54) is 19.2 Å². The van der Waals surface area contributed by atoms with E-state index in [0.29, 0.717) is 29.3 Å². The van der Waals surface area contributed by atoms with Crippen molar-refractivity contribution in [3.8, 4) is 11.8 Å². The topological polar surface area (TPSA) is 168 Å². The first kappa shape index (κ1) is 38.5. The molecule has 0 atom stereocenters. The molecule has 3 amide bonds. The average Bonchev–Trinajstić information content (AvgIpc) is 3.89. The number of amides is 3. The molecule has 1 saturated carbocycles. The second-order valence-electron chi connectivity index (χ2n) is 12.9. The van der Waals surface area contributed by atoms with E-state index in [0.717, 1.165) is 11.6 Å². The Kier molecular flexibility index (Phi) is 11.6. The van der Waals surface area contributed by atoms with Gasteiger partial charge >= 0.3 is 24.0 Å². The van der Waals surface area contributed by atoms with Crippen molar-refractivity contribution in [1.29, 1.82) is 0 Å². The summed E-state index contributed by atoms with van der Waals surface area (Å²) in [7, 11) is 1.50. The zero-order valence-corrected chi connectivity index (χ0v) is 29.4. The molecule has 0 saturated heterocycles. The number of anilines is 4. The van der Waals surface area contributed by atoms with E-state index in [2.05, 4.69) is 41.5 Å². The summed E-state index contributed by atoms with van der Waals surface area (Å²) in [4.78, 5) is 49.7. The minimum atomic E-state index is -4.66. The number of alkyl halides is 3. The van der Waals surface area contributed by atoms with Crippen LogP contribution in [-0.4, -0.2) is 65.7 Å². The lowest BCUT2D eigenvalue weighted by atomic mass is 9.93. The zero-order valence-electron chi connectivity index (χ0n) is 28.7. The van der Waals surface area contributed by atoms with Gasteiger partial charge in [-0.3, -0.25) is 14.4 Å². The van der Waals surface area contributed by atoms with Gasteiger partial charge in [-0.2, -0.15) is 28.1 Å². The molecule has 0 aliphatic heterocycles. The van der Waals surface area contributed by atoms with Gasteiger partial charge in [0.05, 0.1) is 18.2 Å². The van der Waals surface area contributed by atoms with Crippen LogP contribution in [0.1, 0.15) is 42.6 Å². The predicted octanol–water partition coefficient (Wildman–Crippen LogP) is 5.97. The molecule has 0 bridgehead atoms. The van der Waals surface area contributed by atoms with E-state index in [9.17, 15) is 27.6 Å². The Morgan fingerprint density at radius 2 is 1.49 bits per heavy atom. The first-order valence-corrected chi connectivity index (χ1v) is 16.5. The number of nitrogens with zero attached hydrogens (tertiary/aromatic N) is 3. The quantitative estimate of drug-likeness (QED) is 0.0764. The van der Waals surface area contributed by atoms with E-state index in [4.69, 9.17) is 21.1 Å². The lowest BCUT2D eigenvalue weighted by Gasteiger charge is -2.25. The molecule has 0 spiro atoms. The minimum absolute atomic E-state index is 0.00446. The fourth-order valence-electron chi connectivity index (χ4n) is 4.92. The van der Waals surface area contributed by atoms with Crippen LogP contribution in [0.25, 0.3) is 0 Å². The van der Waals surface area contributed by atoms with Gasteiger partial charge in [-0.1, -0.05) is 37.6 Å². The van der Waals surface area contributed by atoms with Crippen molar-refractivity contribution in [1.82, 2.24) is 25.6 Å². The number of rotatable bonds is 14. The van der Waals surface area contributed by atoms with E-state index >= 15 is 4.39 Å². The third-order valence-electron chi connectivity index (χ3n) is 7.96. The van der Waals surface area contributed by atoms with E-state index in [-0.39, 0.29) is 36.2 Å². The SMILES string of the molecule is COc1ccc(NC(=O)C(=O)NCC(C)(C)CNC(=O)c2ccc(Nc3nc(NC4(c5ccc(Cl)cc5)CC4)nc(OCC(F)(F)F)n3)cc2F)cc1. The van der Waals surface area contributed by atoms with Crippen LogP contribution in [-0.2, 0) is 15.1 Å². The normalized spacial score (nSPS) is 13.4. The average molecular weight is 759 g/mol. The van der Waals surface area contributed by atoms with E-state index in [1.54, 1.807) is 50.2 Å². The molecule has 0 radical (unpaired) electrons. The van der Waals surface area contributed by atoms with Crippen LogP contribution in [0.2, 0.25) is 5.02 Å². The molecule has 5 rings (SSSR count). The Morgan fingerprint density at radius 3 is 2.11 bits per heavy atom. The van der Waals surface area contributed by atoms with Gasteiger partial charge in [0.2, 0.25) is 11.9 Å². The van der Waals surface area contributed by atoms with Crippen molar-refractivity contribution < 1.29 is 41.4 Å². The van der Waals surface area contributed by atoms with E-state index < -0.39 is 53.3 Å². The number of hydrogen-bond acceptors (Lipinski definition) is 10. The fourth-order valence-corrected chi connectivity index (χ4v) is 5.04. The monoisotopic (exact) mass is 758 g/mol. The largest absolute Gasteiger partial charge is 0.497 e.